The predicted molar refractivity (Wildman–Crippen MR) is 97.3 cm³/mol. The van der Waals surface area contributed by atoms with E-state index in [2.05, 4.69) is 11.9 Å². The van der Waals surface area contributed by atoms with Crippen molar-refractivity contribution in [3.63, 3.8) is 0 Å². The number of nitrogens with zero attached hydrogens (tertiary/aromatic N) is 1. The van der Waals surface area contributed by atoms with Gasteiger partial charge in [0.25, 0.3) is 5.91 Å². The number of hydrogen-bond donors (Lipinski definition) is 2. The predicted octanol–water partition coefficient (Wildman–Crippen LogP) is 1.84. The quantitative estimate of drug-likeness (QED) is 0.280. The van der Waals surface area contributed by atoms with Crippen molar-refractivity contribution in [3.05, 3.63) is 39.6 Å². The molecule has 3 amide bonds. The van der Waals surface area contributed by atoms with Crippen LogP contribution in [-0.4, -0.2) is 48.2 Å². The average Bonchev–Trinajstić information content (AvgIpc) is 2.81. The normalized spacial score (nSPS) is 15.3. The molecule has 0 aliphatic carbocycles. The summed E-state index contributed by atoms with van der Waals surface area (Å²) in [4.78, 5) is 35.7. The lowest BCUT2D eigenvalue weighted by molar-refractivity contribution is -0.139. The van der Waals surface area contributed by atoms with Gasteiger partial charge < -0.3 is 19.9 Å². The van der Waals surface area contributed by atoms with Gasteiger partial charge in [-0.2, -0.15) is 0 Å². The maximum atomic E-state index is 12.2. The first-order valence-electron chi connectivity index (χ1n) is 7.05. The van der Waals surface area contributed by atoms with Crippen LogP contribution in [0.2, 0.25) is 0 Å². The van der Waals surface area contributed by atoms with Crippen molar-refractivity contribution in [1.29, 1.82) is 0 Å². The van der Waals surface area contributed by atoms with Crippen molar-refractivity contribution < 1.29 is 29.0 Å². The number of benzene rings is 1. The first-order chi connectivity index (χ1) is 11.9. The van der Waals surface area contributed by atoms with Crippen LogP contribution >= 0.6 is 22.6 Å². The Morgan fingerprint density at radius 1 is 1.44 bits per heavy atom. The zero-order valence-electron chi connectivity index (χ0n) is 13.2. The monoisotopic (exact) mass is 458 g/mol. The summed E-state index contributed by atoms with van der Waals surface area (Å²) in [6.07, 6.45) is 2.97. The fraction of sp³-hybridized carbons (Fsp3) is 0.188. The highest BCUT2D eigenvalue weighted by Crippen LogP contribution is 2.34. The van der Waals surface area contributed by atoms with Crippen LogP contribution in [0.1, 0.15) is 5.56 Å². The number of imide groups is 1. The minimum Gasteiger partial charge on any atom is -0.493 e. The van der Waals surface area contributed by atoms with E-state index in [1.807, 2.05) is 22.6 Å². The minimum atomic E-state index is -1.11. The Hall–Kier alpha value is -2.56. The molecule has 1 heterocycles. The van der Waals surface area contributed by atoms with Crippen LogP contribution in [0, 0.1) is 3.57 Å². The number of methoxy groups -OCH3 is 1. The molecule has 2 rings (SSSR count). The summed E-state index contributed by atoms with van der Waals surface area (Å²) in [6, 6.07) is 2.75. The molecule has 0 unspecified atom stereocenters. The van der Waals surface area contributed by atoms with E-state index in [0.717, 1.165) is 4.90 Å². The average molecular weight is 458 g/mol. The number of urea groups is 1. The molecule has 1 aliphatic rings. The van der Waals surface area contributed by atoms with Crippen molar-refractivity contribution in [1.82, 2.24) is 10.2 Å². The van der Waals surface area contributed by atoms with Gasteiger partial charge in [0.15, 0.2) is 18.1 Å². The van der Waals surface area contributed by atoms with E-state index in [0.29, 0.717) is 20.6 Å². The Kier molecular flexibility index (Phi) is 6.02. The third kappa shape index (κ3) is 4.29. The molecule has 0 aromatic heterocycles. The lowest BCUT2D eigenvalue weighted by atomic mass is 10.1. The van der Waals surface area contributed by atoms with E-state index in [4.69, 9.17) is 14.6 Å². The number of carboxylic acid groups (broad SMARTS) is 1. The van der Waals surface area contributed by atoms with Crippen LogP contribution < -0.4 is 14.8 Å². The second kappa shape index (κ2) is 8.01. The summed E-state index contributed by atoms with van der Waals surface area (Å²) in [6.45, 7) is 3.12. The molecule has 1 aromatic carbocycles. The van der Waals surface area contributed by atoms with Gasteiger partial charge in [-0.25, -0.2) is 9.59 Å². The number of ether oxygens (including phenoxy) is 2. The highest BCUT2D eigenvalue weighted by molar-refractivity contribution is 14.1. The zero-order chi connectivity index (χ0) is 18.6. The standard InChI is InChI=1S/C16H15IN2O6/c1-3-4-19-15(22)11(18-16(19)23)6-9-5-10(17)14(12(7-9)24-2)25-8-13(20)21/h3,5-7H,1,4,8H2,2H3,(H,18,23)(H,20,21)/b11-6+. The van der Waals surface area contributed by atoms with Gasteiger partial charge in [0.2, 0.25) is 0 Å². The molecule has 1 saturated heterocycles. The summed E-state index contributed by atoms with van der Waals surface area (Å²) in [5.41, 5.74) is 0.719. The fourth-order valence-electron chi connectivity index (χ4n) is 2.13. The van der Waals surface area contributed by atoms with Crippen molar-refractivity contribution in [2.45, 2.75) is 0 Å². The highest BCUT2D eigenvalue weighted by Gasteiger charge is 2.32. The van der Waals surface area contributed by atoms with Crippen LogP contribution in [0.5, 0.6) is 11.5 Å². The van der Waals surface area contributed by atoms with Gasteiger partial charge in [0.05, 0.1) is 10.7 Å². The summed E-state index contributed by atoms with van der Waals surface area (Å²) in [7, 11) is 1.42. The molecule has 0 atom stereocenters. The van der Waals surface area contributed by atoms with Crippen LogP contribution in [0.25, 0.3) is 6.08 Å². The Morgan fingerprint density at radius 3 is 2.76 bits per heavy atom. The SMILES string of the molecule is C=CCN1C(=O)N/C(=C/c2cc(I)c(OCC(=O)O)c(OC)c2)C1=O. The molecule has 1 aliphatic heterocycles. The van der Waals surface area contributed by atoms with Gasteiger partial charge in [-0.05, 0) is 46.4 Å². The highest BCUT2D eigenvalue weighted by atomic mass is 127. The fourth-order valence-corrected chi connectivity index (χ4v) is 2.91. The molecule has 0 bridgehead atoms. The Balaban J connectivity index is 2.33. The second-order valence-electron chi connectivity index (χ2n) is 4.91. The van der Waals surface area contributed by atoms with Gasteiger partial charge in [0, 0.05) is 6.54 Å². The smallest absolute Gasteiger partial charge is 0.341 e. The number of carbonyl (C=O) groups is 3. The van der Waals surface area contributed by atoms with Gasteiger partial charge >= 0.3 is 12.0 Å². The number of amides is 3. The van der Waals surface area contributed by atoms with E-state index >= 15 is 0 Å². The van der Waals surface area contributed by atoms with Crippen LogP contribution in [0.15, 0.2) is 30.5 Å². The topological polar surface area (TPSA) is 105 Å². The molecule has 0 spiro atoms. The Bertz CT molecular complexity index is 774. The van der Waals surface area contributed by atoms with Gasteiger partial charge in [0.1, 0.15) is 5.70 Å². The van der Waals surface area contributed by atoms with Crippen molar-refractivity contribution >= 4 is 46.6 Å². The molecule has 1 fully saturated rings. The molecular formula is C16H15IN2O6. The molecule has 9 heteroatoms. The van der Waals surface area contributed by atoms with Crippen molar-refractivity contribution in [2.75, 3.05) is 20.3 Å². The van der Waals surface area contributed by atoms with Crippen LogP contribution in [0.3, 0.4) is 0 Å². The Labute approximate surface area is 157 Å². The zero-order valence-corrected chi connectivity index (χ0v) is 15.4. The van der Waals surface area contributed by atoms with Crippen LogP contribution in [0.4, 0.5) is 4.79 Å². The molecule has 8 nitrogen and oxygen atoms in total. The van der Waals surface area contributed by atoms with E-state index in [9.17, 15) is 14.4 Å². The summed E-state index contributed by atoms with van der Waals surface area (Å²) >= 11 is 1.97. The minimum absolute atomic E-state index is 0.116. The number of carboxylic acids is 1. The maximum absolute atomic E-state index is 12.2. The molecule has 0 radical (unpaired) electrons. The number of carbonyl (C=O) groups excluding carboxylic acids is 2. The number of nitrogens with one attached hydrogen (secondary N) is 1. The summed E-state index contributed by atoms with van der Waals surface area (Å²) in [5, 5.41) is 11.2. The van der Waals surface area contributed by atoms with Gasteiger partial charge in [-0.1, -0.05) is 6.08 Å². The first-order valence-corrected chi connectivity index (χ1v) is 8.12. The summed E-state index contributed by atoms with van der Waals surface area (Å²) in [5.74, 6) is -0.946. The number of hydrogen-bond acceptors (Lipinski definition) is 5. The van der Waals surface area contributed by atoms with E-state index in [1.165, 1.54) is 19.3 Å². The molecule has 0 saturated carbocycles. The van der Waals surface area contributed by atoms with Crippen molar-refractivity contribution in [3.8, 4) is 11.5 Å². The number of halogens is 1. The van der Waals surface area contributed by atoms with E-state index < -0.39 is 24.5 Å². The van der Waals surface area contributed by atoms with E-state index in [-0.39, 0.29) is 12.2 Å². The van der Waals surface area contributed by atoms with E-state index in [1.54, 1.807) is 12.1 Å². The molecule has 25 heavy (non-hydrogen) atoms. The van der Waals surface area contributed by atoms with Gasteiger partial charge in [-0.15, -0.1) is 6.58 Å². The maximum Gasteiger partial charge on any atom is 0.341 e. The molecule has 1 aromatic rings. The first kappa shape index (κ1) is 18.8. The molecule has 132 valence electrons. The third-order valence-electron chi connectivity index (χ3n) is 3.18. The molecule has 2 N–H and O–H groups in total. The van der Waals surface area contributed by atoms with Crippen LogP contribution in [-0.2, 0) is 9.59 Å². The summed E-state index contributed by atoms with van der Waals surface area (Å²) < 4.78 is 11.0. The molecular weight excluding hydrogens is 443 g/mol. The lowest BCUT2D eigenvalue weighted by Crippen LogP contribution is -2.30. The number of rotatable bonds is 7. The van der Waals surface area contributed by atoms with Gasteiger partial charge in [-0.3, -0.25) is 9.69 Å². The van der Waals surface area contributed by atoms with Crippen molar-refractivity contribution in [2.24, 2.45) is 0 Å². The third-order valence-corrected chi connectivity index (χ3v) is 3.98. The lowest BCUT2D eigenvalue weighted by Gasteiger charge is -2.12. The number of aliphatic carboxylic acids is 1. The Morgan fingerprint density at radius 2 is 2.16 bits per heavy atom. The second-order valence-corrected chi connectivity index (χ2v) is 6.07. The largest absolute Gasteiger partial charge is 0.493 e.